The molecule has 2 aromatic rings. The normalized spacial score (nSPS) is 21.2. The number of benzene rings is 2. The van der Waals surface area contributed by atoms with Gasteiger partial charge in [0, 0.05) is 17.6 Å². The van der Waals surface area contributed by atoms with E-state index in [4.69, 9.17) is 0 Å². The molecule has 3 atom stereocenters. The Bertz CT molecular complexity index is 1170. The van der Waals surface area contributed by atoms with E-state index >= 15 is 0 Å². The molecule has 2 aliphatic rings. The second kappa shape index (κ2) is 10.1. The third-order valence-electron chi connectivity index (χ3n) is 7.21. The van der Waals surface area contributed by atoms with Crippen LogP contribution in [-0.4, -0.2) is 40.4 Å². The van der Waals surface area contributed by atoms with Crippen LogP contribution in [0.2, 0.25) is 0 Å². The van der Waals surface area contributed by atoms with Gasteiger partial charge in [0.15, 0.2) is 0 Å². The molecule has 4 amide bonds. The van der Waals surface area contributed by atoms with Crippen molar-refractivity contribution < 1.29 is 27.6 Å². The summed E-state index contributed by atoms with van der Waals surface area (Å²) < 4.78 is 39.6. The van der Waals surface area contributed by atoms with Gasteiger partial charge in [-0.2, -0.15) is 13.2 Å². The van der Waals surface area contributed by atoms with Crippen molar-refractivity contribution in [2.45, 2.75) is 76.3 Å². The largest absolute Gasteiger partial charge is 0.418 e. The maximum absolute atomic E-state index is 13.2. The Morgan fingerprint density at radius 3 is 2.14 bits per heavy atom. The molecule has 1 aliphatic heterocycles. The summed E-state index contributed by atoms with van der Waals surface area (Å²) in [6.45, 7) is 5.88. The highest BCUT2D eigenvalue weighted by Gasteiger charge is 2.51. The van der Waals surface area contributed by atoms with E-state index in [-0.39, 0.29) is 23.7 Å². The van der Waals surface area contributed by atoms with E-state index in [9.17, 15) is 27.6 Å². The van der Waals surface area contributed by atoms with Crippen LogP contribution in [0.3, 0.4) is 0 Å². The minimum absolute atomic E-state index is 0.0139. The highest BCUT2D eigenvalue weighted by atomic mass is 19.4. The number of urea groups is 1. The summed E-state index contributed by atoms with van der Waals surface area (Å²) in [7, 11) is 0. The second-order valence-electron chi connectivity index (χ2n) is 10.0. The predicted molar refractivity (Wildman–Crippen MR) is 133 cm³/mol. The number of amides is 4. The Hall–Kier alpha value is -3.56. The quantitative estimate of drug-likeness (QED) is 0.490. The molecule has 1 heterocycles. The first-order valence-electron chi connectivity index (χ1n) is 12.4. The van der Waals surface area contributed by atoms with E-state index in [1.165, 1.54) is 12.1 Å². The minimum atomic E-state index is -4.63. The molecule has 10 heteroatoms. The van der Waals surface area contributed by atoms with Crippen molar-refractivity contribution >= 4 is 23.5 Å². The first-order chi connectivity index (χ1) is 17.4. The fourth-order valence-corrected chi connectivity index (χ4v) is 4.82. The smallest absolute Gasteiger partial charge is 0.348 e. The number of carbonyl (C=O) groups excluding carboxylic acids is 3. The fourth-order valence-electron chi connectivity index (χ4n) is 4.82. The van der Waals surface area contributed by atoms with Crippen LogP contribution < -0.4 is 16.0 Å². The van der Waals surface area contributed by atoms with E-state index in [0.717, 1.165) is 30.5 Å². The van der Waals surface area contributed by atoms with Gasteiger partial charge in [-0.3, -0.25) is 9.59 Å². The number of carbonyl (C=O) groups is 3. The topological polar surface area (TPSA) is 90.5 Å². The number of rotatable bonds is 6. The van der Waals surface area contributed by atoms with Crippen LogP contribution in [-0.2, 0) is 11.0 Å². The molecule has 1 saturated carbocycles. The Labute approximate surface area is 213 Å². The van der Waals surface area contributed by atoms with Crippen LogP contribution in [0.25, 0.3) is 0 Å². The monoisotopic (exact) mass is 516 g/mol. The van der Waals surface area contributed by atoms with Crippen LogP contribution in [0.1, 0.15) is 74.0 Å². The number of nitrogens with one attached hydrogen (secondary N) is 3. The van der Waals surface area contributed by atoms with Crippen molar-refractivity contribution in [3.63, 3.8) is 0 Å². The molecule has 3 N–H and O–H groups in total. The van der Waals surface area contributed by atoms with E-state index in [1.54, 1.807) is 31.2 Å². The number of anilines is 1. The average Bonchev–Trinajstić information content (AvgIpc) is 3.55. The lowest BCUT2D eigenvalue weighted by Gasteiger charge is -2.26. The highest BCUT2D eigenvalue weighted by molar-refractivity contribution is 5.98. The summed E-state index contributed by atoms with van der Waals surface area (Å²) in [6.07, 6.45) is -1.91. The molecule has 0 aromatic heterocycles. The van der Waals surface area contributed by atoms with Crippen molar-refractivity contribution in [1.29, 1.82) is 0 Å². The standard InChI is InChI=1S/C27H31F3N4O3/c1-16-8-9-17(2)34(16)23(35)20-12-10-19(11-13-20)18(3)31-24(36)26(14-15-26)33-25(37)32-22-7-5-4-6-21(22)27(28,29)30/h4-7,10-13,16-18H,8-9,14-15H2,1-3H3,(H,31,36)(H2,32,33,37)/t16?,17?,18-/m1/s1. The lowest BCUT2D eigenvalue weighted by molar-refractivity contribution is -0.137. The Morgan fingerprint density at radius 1 is 0.973 bits per heavy atom. The SMILES string of the molecule is CC1CCC(C)N1C(=O)c1ccc([C@@H](C)NC(=O)C2(NC(=O)Nc3ccccc3C(F)(F)F)CC2)cc1. The van der Waals surface area contributed by atoms with Gasteiger partial charge in [-0.05, 0) is 76.3 Å². The molecule has 1 saturated heterocycles. The molecule has 2 aromatic carbocycles. The lowest BCUT2D eigenvalue weighted by Crippen LogP contribution is -2.50. The van der Waals surface area contributed by atoms with Crippen molar-refractivity contribution in [2.24, 2.45) is 0 Å². The van der Waals surface area contributed by atoms with E-state index in [1.807, 2.05) is 18.7 Å². The second-order valence-corrected chi connectivity index (χ2v) is 10.0. The van der Waals surface area contributed by atoms with Gasteiger partial charge in [0.05, 0.1) is 17.3 Å². The summed E-state index contributed by atoms with van der Waals surface area (Å²) in [5.74, 6) is -0.431. The maximum atomic E-state index is 13.2. The van der Waals surface area contributed by atoms with Crippen molar-refractivity contribution in [2.75, 3.05) is 5.32 Å². The zero-order valence-electron chi connectivity index (χ0n) is 21.0. The molecular formula is C27H31F3N4O3. The lowest BCUT2D eigenvalue weighted by atomic mass is 10.0. The van der Waals surface area contributed by atoms with Gasteiger partial charge >= 0.3 is 12.2 Å². The van der Waals surface area contributed by atoms with Gasteiger partial charge < -0.3 is 20.9 Å². The molecule has 2 unspecified atom stereocenters. The van der Waals surface area contributed by atoms with E-state index in [0.29, 0.717) is 18.4 Å². The Morgan fingerprint density at radius 2 is 1.57 bits per heavy atom. The number of alkyl halides is 3. The zero-order chi connectivity index (χ0) is 27.0. The van der Waals surface area contributed by atoms with E-state index in [2.05, 4.69) is 16.0 Å². The molecule has 4 rings (SSSR count). The molecule has 37 heavy (non-hydrogen) atoms. The molecule has 0 spiro atoms. The van der Waals surface area contributed by atoms with Gasteiger partial charge in [-0.1, -0.05) is 24.3 Å². The number of para-hydroxylation sites is 1. The third kappa shape index (κ3) is 5.73. The summed E-state index contributed by atoms with van der Waals surface area (Å²) in [5.41, 5.74) is -1.16. The number of hydrogen-bond donors (Lipinski definition) is 3. The molecule has 1 aliphatic carbocycles. The van der Waals surface area contributed by atoms with Crippen LogP contribution >= 0.6 is 0 Å². The molecule has 0 bridgehead atoms. The highest BCUT2D eigenvalue weighted by Crippen LogP contribution is 2.37. The van der Waals surface area contributed by atoms with Gasteiger partial charge in [0.2, 0.25) is 5.91 Å². The number of hydrogen-bond acceptors (Lipinski definition) is 3. The molecular weight excluding hydrogens is 485 g/mol. The predicted octanol–water partition coefficient (Wildman–Crippen LogP) is 5.25. The van der Waals surface area contributed by atoms with E-state index < -0.39 is 35.3 Å². The third-order valence-corrected chi connectivity index (χ3v) is 7.21. The van der Waals surface area contributed by atoms with Crippen LogP contribution in [0.4, 0.5) is 23.7 Å². The minimum Gasteiger partial charge on any atom is -0.348 e. The summed E-state index contributed by atoms with van der Waals surface area (Å²) in [6, 6.07) is 10.8. The fraction of sp³-hybridized carbons (Fsp3) is 0.444. The first-order valence-corrected chi connectivity index (χ1v) is 12.4. The van der Waals surface area contributed by atoms with Crippen molar-refractivity contribution in [1.82, 2.24) is 15.5 Å². The van der Waals surface area contributed by atoms with Crippen molar-refractivity contribution in [3.8, 4) is 0 Å². The van der Waals surface area contributed by atoms with Gasteiger partial charge in [-0.25, -0.2) is 4.79 Å². The summed E-state index contributed by atoms with van der Waals surface area (Å²) >= 11 is 0. The molecule has 198 valence electrons. The van der Waals surface area contributed by atoms with Gasteiger partial charge in [0.25, 0.3) is 5.91 Å². The summed E-state index contributed by atoms with van der Waals surface area (Å²) in [4.78, 5) is 40.2. The average molecular weight is 517 g/mol. The Kier molecular flexibility index (Phi) is 7.21. The van der Waals surface area contributed by atoms with Crippen LogP contribution in [0.5, 0.6) is 0 Å². The van der Waals surface area contributed by atoms with Crippen LogP contribution in [0, 0.1) is 0 Å². The number of halogens is 3. The van der Waals surface area contributed by atoms with Crippen LogP contribution in [0.15, 0.2) is 48.5 Å². The van der Waals surface area contributed by atoms with Crippen molar-refractivity contribution in [3.05, 3.63) is 65.2 Å². The maximum Gasteiger partial charge on any atom is 0.418 e. The first kappa shape index (κ1) is 26.5. The molecule has 7 nitrogen and oxygen atoms in total. The van der Waals surface area contributed by atoms with Gasteiger partial charge in [-0.15, -0.1) is 0 Å². The van der Waals surface area contributed by atoms with Gasteiger partial charge in [0.1, 0.15) is 5.54 Å². The molecule has 0 radical (unpaired) electrons. The molecule has 2 fully saturated rings. The zero-order valence-corrected chi connectivity index (χ0v) is 21.0. The number of likely N-dealkylation sites (tertiary alicyclic amines) is 1. The number of nitrogens with zero attached hydrogens (tertiary/aromatic N) is 1. The Balaban J connectivity index is 1.36. The summed E-state index contributed by atoms with van der Waals surface area (Å²) in [5, 5.41) is 7.61.